The maximum Gasteiger partial charge on any atom is 0.328 e. The van der Waals surface area contributed by atoms with E-state index in [1.54, 1.807) is 6.08 Å². The van der Waals surface area contributed by atoms with Gasteiger partial charge in [-0.1, -0.05) is 30.3 Å². The number of rotatable bonds is 4. The van der Waals surface area contributed by atoms with Gasteiger partial charge in [-0.25, -0.2) is 4.79 Å². The number of carboxylic acids is 1. The third kappa shape index (κ3) is 5.92. The normalized spacial score (nSPS) is 9.68. The van der Waals surface area contributed by atoms with Crippen molar-refractivity contribution in [3.05, 3.63) is 65.7 Å². The van der Waals surface area contributed by atoms with Crippen LogP contribution >= 0.6 is 0 Å². The minimum Gasteiger partial charge on any atom is -0.504 e. The second kappa shape index (κ2) is 8.97. The summed E-state index contributed by atoms with van der Waals surface area (Å²) < 4.78 is 4.78. The van der Waals surface area contributed by atoms with Crippen LogP contribution < -0.4 is 4.74 Å². The van der Waals surface area contributed by atoms with Crippen LogP contribution in [0.4, 0.5) is 0 Å². The van der Waals surface area contributed by atoms with Crippen molar-refractivity contribution in [3.63, 3.8) is 0 Å². The number of aldehydes is 1. The van der Waals surface area contributed by atoms with E-state index in [1.807, 2.05) is 30.3 Å². The number of phenols is 1. The van der Waals surface area contributed by atoms with E-state index in [4.69, 9.17) is 14.9 Å². The number of carbonyl (C=O) groups excluding carboxylic acids is 1. The molecular weight excluding hydrogens is 284 g/mol. The Morgan fingerprint density at radius 2 is 1.77 bits per heavy atom. The van der Waals surface area contributed by atoms with Crippen molar-refractivity contribution in [3.8, 4) is 11.5 Å². The molecule has 2 aromatic carbocycles. The molecule has 0 aliphatic carbocycles. The fourth-order valence-corrected chi connectivity index (χ4v) is 1.50. The summed E-state index contributed by atoms with van der Waals surface area (Å²) in [5.74, 6) is -0.568. The SMILES string of the molecule is COc1cc(C=O)ccc1O.O=C(O)C=Cc1ccccc1. The minimum absolute atomic E-state index is 0.0399. The predicted molar refractivity (Wildman–Crippen MR) is 83.2 cm³/mol. The van der Waals surface area contributed by atoms with Crippen LogP contribution in [0.5, 0.6) is 11.5 Å². The minimum atomic E-state index is -0.922. The number of ether oxygens (including phenoxy) is 1. The van der Waals surface area contributed by atoms with Crippen molar-refractivity contribution in [2.24, 2.45) is 0 Å². The zero-order chi connectivity index (χ0) is 16.4. The molecule has 0 aliphatic heterocycles. The topological polar surface area (TPSA) is 83.8 Å². The summed E-state index contributed by atoms with van der Waals surface area (Å²) in [6, 6.07) is 13.7. The molecule has 0 bridgehead atoms. The zero-order valence-corrected chi connectivity index (χ0v) is 12.0. The van der Waals surface area contributed by atoms with Gasteiger partial charge in [-0.05, 0) is 29.8 Å². The quantitative estimate of drug-likeness (QED) is 0.670. The van der Waals surface area contributed by atoms with Gasteiger partial charge in [0.25, 0.3) is 0 Å². The predicted octanol–water partition coefficient (Wildman–Crippen LogP) is 3.00. The highest BCUT2D eigenvalue weighted by atomic mass is 16.5. The fraction of sp³-hybridized carbons (Fsp3) is 0.0588. The highest BCUT2D eigenvalue weighted by Crippen LogP contribution is 2.25. The van der Waals surface area contributed by atoms with E-state index in [0.717, 1.165) is 11.6 Å². The molecule has 0 saturated heterocycles. The van der Waals surface area contributed by atoms with Crippen LogP contribution in [0.25, 0.3) is 6.08 Å². The van der Waals surface area contributed by atoms with E-state index in [9.17, 15) is 9.59 Å². The molecule has 5 heteroatoms. The van der Waals surface area contributed by atoms with Gasteiger partial charge in [0.1, 0.15) is 6.29 Å². The van der Waals surface area contributed by atoms with Crippen LogP contribution in [0.1, 0.15) is 15.9 Å². The van der Waals surface area contributed by atoms with Gasteiger partial charge in [0.05, 0.1) is 7.11 Å². The molecule has 0 heterocycles. The lowest BCUT2D eigenvalue weighted by Crippen LogP contribution is -1.85. The van der Waals surface area contributed by atoms with Gasteiger partial charge < -0.3 is 14.9 Å². The van der Waals surface area contributed by atoms with Gasteiger partial charge >= 0.3 is 5.97 Å². The average molecular weight is 300 g/mol. The van der Waals surface area contributed by atoms with E-state index in [1.165, 1.54) is 25.3 Å². The Bertz CT molecular complexity index is 647. The monoisotopic (exact) mass is 300 g/mol. The lowest BCUT2D eigenvalue weighted by Gasteiger charge is -2.01. The molecule has 2 N–H and O–H groups in total. The highest BCUT2D eigenvalue weighted by Gasteiger charge is 2.00. The molecular formula is C17H16O5. The molecule has 2 rings (SSSR count). The van der Waals surface area contributed by atoms with Crippen molar-refractivity contribution in [2.45, 2.75) is 0 Å². The molecule has 114 valence electrons. The lowest BCUT2D eigenvalue weighted by molar-refractivity contribution is -0.131. The van der Waals surface area contributed by atoms with Crippen molar-refractivity contribution < 1.29 is 24.5 Å². The van der Waals surface area contributed by atoms with Gasteiger partial charge in [0, 0.05) is 11.6 Å². The number of hydrogen-bond acceptors (Lipinski definition) is 4. The van der Waals surface area contributed by atoms with Crippen LogP contribution in [-0.2, 0) is 4.79 Å². The molecule has 2 aromatic rings. The molecule has 0 radical (unpaired) electrons. The lowest BCUT2D eigenvalue weighted by atomic mass is 10.2. The molecule has 0 saturated carbocycles. The van der Waals surface area contributed by atoms with E-state index in [2.05, 4.69) is 0 Å². The van der Waals surface area contributed by atoms with Crippen molar-refractivity contribution >= 4 is 18.3 Å². The molecule has 5 nitrogen and oxygen atoms in total. The van der Waals surface area contributed by atoms with Gasteiger partial charge in [-0.2, -0.15) is 0 Å². The molecule has 0 fully saturated rings. The Morgan fingerprint density at radius 1 is 1.09 bits per heavy atom. The molecule has 22 heavy (non-hydrogen) atoms. The smallest absolute Gasteiger partial charge is 0.328 e. The maximum atomic E-state index is 10.2. The van der Waals surface area contributed by atoms with Crippen molar-refractivity contribution in [1.29, 1.82) is 0 Å². The van der Waals surface area contributed by atoms with Crippen LogP contribution in [0.15, 0.2) is 54.6 Å². The van der Waals surface area contributed by atoms with Crippen LogP contribution in [0.3, 0.4) is 0 Å². The Morgan fingerprint density at radius 3 is 2.32 bits per heavy atom. The molecule has 0 spiro atoms. The second-order valence-corrected chi connectivity index (χ2v) is 4.13. The van der Waals surface area contributed by atoms with E-state index in [0.29, 0.717) is 17.6 Å². The van der Waals surface area contributed by atoms with E-state index in [-0.39, 0.29) is 5.75 Å². The number of phenolic OH excluding ortho intramolecular Hbond substituents is 1. The third-order valence-electron chi connectivity index (χ3n) is 2.56. The van der Waals surface area contributed by atoms with E-state index >= 15 is 0 Å². The maximum absolute atomic E-state index is 10.2. The van der Waals surface area contributed by atoms with Gasteiger partial charge in [-0.15, -0.1) is 0 Å². The highest BCUT2D eigenvalue weighted by molar-refractivity contribution is 5.85. The number of carboxylic acid groups (broad SMARTS) is 1. The standard InChI is InChI=1S/C9H8O2.C8H8O3/c10-9(11)7-6-8-4-2-1-3-5-8;1-11-8-4-6(5-9)2-3-7(8)10/h1-7H,(H,10,11);2-5,10H,1H3. The Balaban J connectivity index is 0.000000220. The second-order valence-electron chi connectivity index (χ2n) is 4.13. The largest absolute Gasteiger partial charge is 0.504 e. The first-order chi connectivity index (χ1) is 10.6. The first kappa shape index (κ1) is 17.0. The van der Waals surface area contributed by atoms with Gasteiger partial charge in [0.2, 0.25) is 0 Å². The number of hydrogen-bond donors (Lipinski definition) is 2. The molecule has 0 unspecified atom stereocenters. The summed E-state index contributed by atoms with van der Waals surface area (Å²) in [5, 5.41) is 17.4. The Kier molecular flexibility index (Phi) is 6.92. The first-order valence-corrected chi connectivity index (χ1v) is 6.35. The van der Waals surface area contributed by atoms with E-state index < -0.39 is 5.97 Å². The summed E-state index contributed by atoms with van der Waals surface area (Å²) >= 11 is 0. The van der Waals surface area contributed by atoms with Crippen LogP contribution in [-0.4, -0.2) is 29.6 Å². The summed E-state index contributed by atoms with van der Waals surface area (Å²) in [5.41, 5.74) is 1.38. The molecule has 0 aliphatic rings. The van der Waals surface area contributed by atoms with Crippen LogP contribution in [0.2, 0.25) is 0 Å². The van der Waals surface area contributed by atoms with Gasteiger partial charge in [0.15, 0.2) is 11.5 Å². The van der Waals surface area contributed by atoms with Crippen LogP contribution in [0, 0.1) is 0 Å². The summed E-state index contributed by atoms with van der Waals surface area (Å²) in [7, 11) is 1.43. The molecule has 0 aromatic heterocycles. The fourth-order valence-electron chi connectivity index (χ4n) is 1.50. The van der Waals surface area contributed by atoms with Gasteiger partial charge in [-0.3, -0.25) is 4.79 Å². The number of aromatic hydroxyl groups is 1. The third-order valence-corrected chi connectivity index (χ3v) is 2.56. The van der Waals surface area contributed by atoms with Crippen molar-refractivity contribution in [1.82, 2.24) is 0 Å². The summed E-state index contributed by atoms with van der Waals surface area (Å²) in [4.78, 5) is 20.3. The number of carbonyl (C=O) groups is 2. The number of benzene rings is 2. The molecule has 0 amide bonds. The average Bonchev–Trinajstić information content (AvgIpc) is 2.55. The summed E-state index contributed by atoms with van der Waals surface area (Å²) in [6.07, 6.45) is 3.37. The molecule has 0 atom stereocenters. The number of methoxy groups -OCH3 is 1. The first-order valence-electron chi connectivity index (χ1n) is 6.35. The zero-order valence-electron chi connectivity index (χ0n) is 12.0. The Hall–Kier alpha value is -3.08. The Labute approximate surface area is 128 Å². The van der Waals surface area contributed by atoms with Crippen molar-refractivity contribution in [2.75, 3.05) is 7.11 Å². The summed E-state index contributed by atoms with van der Waals surface area (Å²) in [6.45, 7) is 0. The number of aliphatic carboxylic acids is 1.